The van der Waals surface area contributed by atoms with Gasteiger partial charge in [0.05, 0.1) is 6.61 Å². The van der Waals surface area contributed by atoms with Gasteiger partial charge in [-0.25, -0.2) is 0 Å². The maximum Gasteiger partial charge on any atom is 0.147 e. The molecule has 0 aliphatic heterocycles. The van der Waals surface area contributed by atoms with Crippen molar-refractivity contribution in [2.24, 2.45) is 0 Å². The highest BCUT2D eigenvalue weighted by Crippen LogP contribution is 2.33. The van der Waals surface area contributed by atoms with Crippen LogP contribution in [0.15, 0.2) is 18.2 Å². The number of ketones is 1. The number of rotatable bonds is 4. The van der Waals surface area contributed by atoms with E-state index in [0.717, 1.165) is 0 Å². The molecule has 0 radical (unpaired) electrons. The van der Waals surface area contributed by atoms with Gasteiger partial charge >= 0.3 is 0 Å². The lowest BCUT2D eigenvalue weighted by Crippen LogP contribution is -2.01. The first-order valence-electron chi connectivity index (χ1n) is 4.66. The smallest absolute Gasteiger partial charge is 0.147 e. The molecule has 15 heavy (non-hydrogen) atoms. The van der Waals surface area contributed by atoms with Gasteiger partial charge in [0, 0.05) is 11.6 Å². The zero-order chi connectivity index (χ0) is 11.4. The number of alkyl halides is 1. The number of hydrogen-bond acceptors (Lipinski definition) is 3. The monoisotopic (exact) mass is 272 g/mol. The lowest BCUT2D eigenvalue weighted by Gasteiger charge is -2.10. The highest BCUT2D eigenvalue weighted by Gasteiger charge is 2.16. The first kappa shape index (κ1) is 12.0. The summed E-state index contributed by atoms with van der Waals surface area (Å²) in [6, 6.07) is 4.92. The lowest BCUT2D eigenvalue weighted by molar-refractivity contribution is -0.116. The summed E-state index contributed by atoms with van der Waals surface area (Å²) >= 11 is 3.21. The molecule has 1 rings (SSSR count). The van der Waals surface area contributed by atoms with E-state index in [-0.39, 0.29) is 11.5 Å². The molecule has 0 aliphatic carbocycles. The van der Waals surface area contributed by atoms with Crippen LogP contribution in [0.25, 0.3) is 0 Å². The minimum atomic E-state index is -0.465. The number of ether oxygens (including phenoxy) is 1. The maximum absolute atomic E-state index is 11.1. The Morgan fingerprint density at radius 2 is 2.27 bits per heavy atom. The minimum Gasteiger partial charge on any atom is -0.507 e. The number of phenolic OH excluding ortho intramolecular Hbond substituents is 1. The topological polar surface area (TPSA) is 46.5 Å². The molecule has 0 fully saturated rings. The molecular formula is C11H13BrO3. The Morgan fingerprint density at radius 3 is 2.73 bits per heavy atom. The molecule has 0 aliphatic rings. The highest BCUT2D eigenvalue weighted by atomic mass is 79.9. The molecule has 1 aromatic rings. The Balaban J connectivity index is 2.97. The van der Waals surface area contributed by atoms with E-state index in [4.69, 9.17) is 4.74 Å². The van der Waals surface area contributed by atoms with Crippen LogP contribution in [0, 0.1) is 0 Å². The normalized spacial score (nSPS) is 12.2. The summed E-state index contributed by atoms with van der Waals surface area (Å²) in [5.74, 6) is 0.620. The summed E-state index contributed by atoms with van der Waals surface area (Å²) in [7, 11) is 0. The average Bonchev–Trinajstić information content (AvgIpc) is 2.17. The van der Waals surface area contributed by atoms with Gasteiger partial charge in [-0.15, -0.1) is 0 Å². The molecule has 0 heterocycles. The summed E-state index contributed by atoms with van der Waals surface area (Å²) in [5, 5.41) is 9.68. The quantitative estimate of drug-likeness (QED) is 0.858. The zero-order valence-electron chi connectivity index (χ0n) is 8.66. The van der Waals surface area contributed by atoms with Gasteiger partial charge in [0.2, 0.25) is 0 Å². The number of phenols is 1. The van der Waals surface area contributed by atoms with Gasteiger partial charge < -0.3 is 9.84 Å². The Morgan fingerprint density at radius 1 is 1.60 bits per heavy atom. The van der Waals surface area contributed by atoms with Gasteiger partial charge in [0.15, 0.2) is 0 Å². The molecule has 0 saturated carbocycles. The summed E-state index contributed by atoms with van der Waals surface area (Å²) in [4.78, 5) is 10.7. The zero-order valence-corrected chi connectivity index (χ0v) is 10.2. The molecule has 1 atom stereocenters. The third-order valence-corrected chi connectivity index (χ3v) is 3.08. The Bertz CT molecular complexity index is 363. The molecule has 82 valence electrons. The van der Waals surface area contributed by atoms with Crippen molar-refractivity contribution < 1.29 is 14.6 Å². The first-order chi connectivity index (χ1) is 7.06. The van der Waals surface area contributed by atoms with Crippen LogP contribution < -0.4 is 4.74 Å². The van der Waals surface area contributed by atoms with E-state index in [9.17, 15) is 9.90 Å². The molecule has 3 nitrogen and oxygen atoms in total. The van der Waals surface area contributed by atoms with E-state index in [0.29, 0.717) is 17.9 Å². The molecule has 0 aromatic heterocycles. The fourth-order valence-corrected chi connectivity index (χ4v) is 1.60. The Kier molecular flexibility index (Phi) is 4.15. The number of halogens is 1. The van der Waals surface area contributed by atoms with Crippen LogP contribution in [0.1, 0.15) is 24.2 Å². The van der Waals surface area contributed by atoms with E-state index in [1.807, 2.05) is 6.92 Å². The minimum absolute atomic E-state index is 0.0468. The van der Waals surface area contributed by atoms with Crippen LogP contribution in [0.4, 0.5) is 0 Å². The summed E-state index contributed by atoms with van der Waals surface area (Å²) in [5.41, 5.74) is 0.561. The van der Waals surface area contributed by atoms with Crippen molar-refractivity contribution in [3.8, 4) is 11.5 Å². The largest absolute Gasteiger partial charge is 0.507 e. The number of carbonyl (C=O) groups is 1. The highest BCUT2D eigenvalue weighted by molar-refractivity contribution is 9.09. The van der Waals surface area contributed by atoms with Gasteiger partial charge in [-0.3, -0.25) is 4.79 Å². The molecule has 1 unspecified atom stereocenters. The predicted octanol–water partition coefficient (Wildman–Crippen LogP) is 2.82. The van der Waals surface area contributed by atoms with Gasteiger partial charge in [-0.2, -0.15) is 0 Å². The van der Waals surface area contributed by atoms with Gasteiger partial charge in [0.25, 0.3) is 0 Å². The summed E-state index contributed by atoms with van der Waals surface area (Å²) in [6.07, 6.45) is 0. The molecule has 0 amide bonds. The summed E-state index contributed by atoms with van der Waals surface area (Å²) in [6.45, 7) is 3.88. The third kappa shape index (κ3) is 2.96. The van der Waals surface area contributed by atoms with Crippen LogP contribution in [-0.2, 0) is 4.79 Å². The van der Waals surface area contributed by atoms with Crippen molar-refractivity contribution in [2.75, 3.05) is 6.61 Å². The van der Waals surface area contributed by atoms with Crippen LogP contribution in [0.3, 0.4) is 0 Å². The Labute approximate surface area is 97.2 Å². The number of benzene rings is 1. The van der Waals surface area contributed by atoms with Crippen LogP contribution in [0.5, 0.6) is 11.5 Å². The fourth-order valence-electron chi connectivity index (χ4n) is 1.21. The Hall–Kier alpha value is -1.03. The number of aromatic hydroxyl groups is 1. The van der Waals surface area contributed by atoms with Crippen LogP contribution in [0.2, 0.25) is 0 Å². The second-order valence-corrected chi connectivity index (χ2v) is 4.04. The second kappa shape index (κ2) is 5.16. The standard InChI is InChI=1S/C11H13BrO3/c1-3-15-8-4-5-9(10(14)6-8)11(12)7(2)13/h4-6,11,14H,3H2,1-2H3. The SMILES string of the molecule is CCOc1ccc(C(Br)C(C)=O)c(O)c1. The predicted molar refractivity (Wildman–Crippen MR) is 61.6 cm³/mol. The van der Waals surface area contributed by atoms with Crippen molar-refractivity contribution in [3.63, 3.8) is 0 Å². The van der Waals surface area contributed by atoms with E-state index in [2.05, 4.69) is 15.9 Å². The van der Waals surface area contributed by atoms with Gasteiger partial charge in [-0.05, 0) is 19.9 Å². The van der Waals surface area contributed by atoms with Crippen molar-refractivity contribution in [1.29, 1.82) is 0 Å². The molecule has 0 spiro atoms. The number of Topliss-reactive ketones (excluding diaryl/α,β-unsaturated/α-hetero) is 1. The molecular weight excluding hydrogens is 260 g/mol. The van der Waals surface area contributed by atoms with Crippen molar-refractivity contribution in [2.45, 2.75) is 18.7 Å². The van der Waals surface area contributed by atoms with E-state index < -0.39 is 4.83 Å². The van der Waals surface area contributed by atoms with Crippen molar-refractivity contribution in [1.82, 2.24) is 0 Å². The summed E-state index contributed by atoms with van der Waals surface area (Å²) < 4.78 is 5.22. The maximum atomic E-state index is 11.1. The van der Waals surface area contributed by atoms with E-state index in [1.54, 1.807) is 12.1 Å². The van der Waals surface area contributed by atoms with E-state index in [1.165, 1.54) is 13.0 Å². The number of carbonyl (C=O) groups excluding carboxylic acids is 1. The van der Waals surface area contributed by atoms with Gasteiger partial charge in [-0.1, -0.05) is 22.0 Å². The molecule has 0 saturated heterocycles. The second-order valence-electron chi connectivity index (χ2n) is 3.13. The number of hydrogen-bond donors (Lipinski definition) is 1. The molecule has 1 aromatic carbocycles. The average molecular weight is 273 g/mol. The fraction of sp³-hybridized carbons (Fsp3) is 0.364. The molecule has 1 N–H and O–H groups in total. The van der Waals surface area contributed by atoms with Crippen molar-refractivity contribution >= 4 is 21.7 Å². The van der Waals surface area contributed by atoms with Crippen LogP contribution in [-0.4, -0.2) is 17.5 Å². The first-order valence-corrected chi connectivity index (χ1v) is 5.58. The van der Waals surface area contributed by atoms with E-state index >= 15 is 0 Å². The third-order valence-electron chi connectivity index (χ3n) is 1.94. The van der Waals surface area contributed by atoms with Gasteiger partial charge in [0.1, 0.15) is 22.1 Å². The van der Waals surface area contributed by atoms with Crippen molar-refractivity contribution in [3.05, 3.63) is 23.8 Å². The molecule has 0 bridgehead atoms. The molecule has 4 heteroatoms. The van der Waals surface area contributed by atoms with Crippen LogP contribution >= 0.6 is 15.9 Å². The lowest BCUT2D eigenvalue weighted by atomic mass is 10.1.